The Hall–Kier alpha value is -1.07. The summed E-state index contributed by atoms with van der Waals surface area (Å²) in [5, 5.41) is 7.90. The molecule has 0 aliphatic carbocycles. The monoisotopic (exact) mass is 256 g/mol. The molecule has 0 unspecified atom stereocenters. The van der Waals surface area contributed by atoms with Crippen LogP contribution in [0.4, 0.5) is 0 Å². The van der Waals surface area contributed by atoms with Gasteiger partial charge in [-0.15, -0.1) is 0 Å². The molecule has 1 aromatic rings. The molecule has 1 aliphatic rings. The number of hydrogen-bond donors (Lipinski definition) is 1. The highest BCUT2D eigenvalue weighted by Crippen LogP contribution is 2.18. The molecule has 0 spiro atoms. The molecular formula is C11H17ClN4O. The van der Waals surface area contributed by atoms with Crippen LogP contribution in [0.1, 0.15) is 30.4 Å². The molecule has 17 heavy (non-hydrogen) atoms. The minimum absolute atomic E-state index is 0.0732. The Morgan fingerprint density at radius 2 is 2.12 bits per heavy atom. The zero-order valence-corrected chi connectivity index (χ0v) is 10.9. The van der Waals surface area contributed by atoms with Crippen LogP contribution in [-0.2, 0) is 0 Å². The summed E-state index contributed by atoms with van der Waals surface area (Å²) >= 11 is 6.06. The van der Waals surface area contributed by atoms with Crippen LogP contribution in [0.15, 0.2) is 6.20 Å². The van der Waals surface area contributed by atoms with Crippen LogP contribution < -0.4 is 5.32 Å². The lowest BCUT2D eigenvalue weighted by Crippen LogP contribution is -2.46. The molecule has 0 saturated carbocycles. The van der Waals surface area contributed by atoms with Crippen molar-refractivity contribution in [3.05, 3.63) is 16.9 Å². The molecule has 0 bridgehead atoms. The zero-order chi connectivity index (χ0) is 12.4. The maximum atomic E-state index is 12.2. The van der Waals surface area contributed by atoms with E-state index in [1.807, 2.05) is 13.8 Å². The Morgan fingerprint density at radius 1 is 1.47 bits per heavy atom. The third-order valence-corrected chi connectivity index (χ3v) is 3.10. The van der Waals surface area contributed by atoms with Gasteiger partial charge in [0.05, 0.1) is 5.02 Å². The topological polar surface area (TPSA) is 50.2 Å². The van der Waals surface area contributed by atoms with Crippen LogP contribution in [0.5, 0.6) is 0 Å². The highest BCUT2D eigenvalue weighted by Gasteiger charge is 2.23. The van der Waals surface area contributed by atoms with Crippen molar-refractivity contribution >= 4 is 17.5 Å². The summed E-state index contributed by atoms with van der Waals surface area (Å²) in [5.41, 5.74) is 0.363. The van der Waals surface area contributed by atoms with Crippen molar-refractivity contribution in [2.75, 3.05) is 26.2 Å². The Kier molecular flexibility index (Phi) is 3.69. The highest BCUT2D eigenvalue weighted by atomic mass is 35.5. The molecule has 1 saturated heterocycles. The van der Waals surface area contributed by atoms with Crippen LogP contribution in [0.2, 0.25) is 5.02 Å². The number of halogens is 1. The van der Waals surface area contributed by atoms with E-state index >= 15 is 0 Å². The summed E-state index contributed by atoms with van der Waals surface area (Å²) in [7, 11) is 0. The van der Waals surface area contributed by atoms with Gasteiger partial charge >= 0.3 is 0 Å². The maximum absolute atomic E-state index is 12.2. The molecule has 1 amide bonds. The second kappa shape index (κ2) is 5.06. The normalized spacial score (nSPS) is 16.6. The van der Waals surface area contributed by atoms with Crippen LogP contribution in [-0.4, -0.2) is 46.8 Å². The van der Waals surface area contributed by atoms with E-state index in [1.54, 1.807) is 15.8 Å². The van der Waals surface area contributed by atoms with Gasteiger partial charge in [0.25, 0.3) is 5.91 Å². The van der Waals surface area contributed by atoms with Gasteiger partial charge in [-0.3, -0.25) is 9.48 Å². The van der Waals surface area contributed by atoms with Crippen molar-refractivity contribution in [1.82, 2.24) is 20.0 Å². The highest BCUT2D eigenvalue weighted by molar-refractivity contribution is 6.33. The Balaban J connectivity index is 2.18. The van der Waals surface area contributed by atoms with E-state index in [1.165, 1.54) is 0 Å². The predicted molar refractivity (Wildman–Crippen MR) is 66.4 cm³/mol. The van der Waals surface area contributed by atoms with E-state index in [4.69, 9.17) is 11.6 Å². The molecular weight excluding hydrogens is 240 g/mol. The molecule has 0 radical (unpaired) electrons. The molecule has 0 atom stereocenters. The molecule has 2 rings (SSSR count). The Morgan fingerprint density at radius 3 is 2.65 bits per heavy atom. The number of rotatable bonds is 2. The quantitative estimate of drug-likeness (QED) is 0.864. The van der Waals surface area contributed by atoms with E-state index in [-0.39, 0.29) is 11.9 Å². The van der Waals surface area contributed by atoms with E-state index in [9.17, 15) is 4.79 Å². The van der Waals surface area contributed by atoms with Crippen molar-refractivity contribution in [3.63, 3.8) is 0 Å². The first-order valence-electron chi connectivity index (χ1n) is 5.84. The average molecular weight is 257 g/mol. The summed E-state index contributed by atoms with van der Waals surface area (Å²) in [6, 6.07) is 0.206. The summed E-state index contributed by atoms with van der Waals surface area (Å²) < 4.78 is 1.72. The molecule has 2 heterocycles. The van der Waals surface area contributed by atoms with Crippen LogP contribution in [0.25, 0.3) is 0 Å². The van der Waals surface area contributed by atoms with Crippen molar-refractivity contribution < 1.29 is 4.79 Å². The number of nitrogens with one attached hydrogen (secondary N) is 1. The lowest BCUT2D eigenvalue weighted by atomic mass is 10.3. The number of amides is 1. The van der Waals surface area contributed by atoms with E-state index in [2.05, 4.69) is 10.4 Å². The zero-order valence-electron chi connectivity index (χ0n) is 10.1. The standard InChI is InChI=1S/C11H17ClN4O/c1-8(2)16-7-9(12)10(14-16)11(17)15-5-3-13-4-6-15/h7-8,13H,3-6H2,1-2H3. The van der Waals surface area contributed by atoms with Crippen LogP contribution >= 0.6 is 11.6 Å². The first-order chi connectivity index (χ1) is 8.09. The molecule has 0 aromatic carbocycles. The summed E-state index contributed by atoms with van der Waals surface area (Å²) in [5.74, 6) is -0.0732. The number of piperazine rings is 1. The van der Waals surface area contributed by atoms with Gasteiger partial charge in [-0.2, -0.15) is 5.10 Å². The van der Waals surface area contributed by atoms with Gasteiger partial charge in [0.2, 0.25) is 0 Å². The number of hydrogen-bond acceptors (Lipinski definition) is 3. The molecule has 1 aliphatic heterocycles. The Labute approximate surface area is 106 Å². The van der Waals surface area contributed by atoms with Crippen LogP contribution in [0, 0.1) is 0 Å². The number of nitrogens with zero attached hydrogens (tertiary/aromatic N) is 3. The van der Waals surface area contributed by atoms with Crippen molar-refractivity contribution in [2.45, 2.75) is 19.9 Å². The van der Waals surface area contributed by atoms with Gasteiger partial charge in [-0.25, -0.2) is 0 Å². The number of carbonyl (C=O) groups is 1. The molecule has 1 aromatic heterocycles. The van der Waals surface area contributed by atoms with E-state index in [0.717, 1.165) is 13.1 Å². The third kappa shape index (κ3) is 2.61. The molecule has 6 heteroatoms. The average Bonchev–Trinajstić information content (AvgIpc) is 2.72. The van der Waals surface area contributed by atoms with Crippen molar-refractivity contribution in [1.29, 1.82) is 0 Å². The van der Waals surface area contributed by atoms with Gasteiger partial charge in [0, 0.05) is 38.4 Å². The smallest absolute Gasteiger partial charge is 0.276 e. The summed E-state index contributed by atoms with van der Waals surface area (Å²) in [6.45, 7) is 7.08. The largest absolute Gasteiger partial charge is 0.335 e. The minimum Gasteiger partial charge on any atom is -0.335 e. The van der Waals surface area contributed by atoms with Crippen molar-refractivity contribution in [3.8, 4) is 0 Å². The first-order valence-corrected chi connectivity index (χ1v) is 6.22. The predicted octanol–water partition coefficient (Wildman–Crippen LogP) is 1.16. The number of carbonyl (C=O) groups excluding carboxylic acids is 1. The fourth-order valence-electron chi connectivity index (χ4n) is 1.80. The first kappa shape index (κ1) is 12.4. The van der Waals surface area contributed by atoms with Gasteiger partial charge in [-0.1, -0.05) is 11.6 Å². The van der Waals surface area contributed by atoms with Crippen LogP contribution in [0.3, 0.4) is 0 Å². The third-order valence-electron chi connectivity index (χ3n) is 2.82. The molecule has 1 N–H and O–H groups in total. The van der Waals surface area contributed by atoms with Crippen molar-refractivity contribution in [2.24, 2.45) is 0 Å². The number of aromatic nitrogens is 2. The van der Waals surface area contributed by atoms with E-state index in [0.29, 0.717) is 23.8 Å². The summed E-state index contributed by atoms with van der Waals surface area (Å²) in [6.07, 6.45) is 1.71. The fourth-order valence-corrected chi connectivity index (χ4v) is 2.02. The van der Waals surface area contributed by atoms with Gasteiger partial charge in [-0.05, 0) is 13.8 Å². The van der Waals surface area contributed by atoms with E-state index < -0.39 is 0 Å². The molecule has 1 fully saturated rings. The van der Waals surface area contributed by atoms with Gasteiger partial charge < -0.3 is 10.2 Å². The van der Waals surface area contributed by atoms with Gasteiger partial charge in [0.15, 0.2) is 5.69 Å². The molecule has 94 valence electrons. The molecule has 5 nitrogen and oxygen atoms in total. The lowest BCUT2D eigenvalue weighted by molar-refractivity contribution is 0.0729. The van der Waals surface area contributed by atoms with Gasteiger partial charge in [0.1, 0.15) is 0 Å². The summed E-state index contributed by atoms with van der Waals surface area (Å²) in [4.78, 5) is 14.0. The maximum Gasteiger partial charge on any atom is 0.276 e. The lowest BCUT2D eigenvalue weighted by Gasteiger charge is -2.26. The Bertz CT molecular complexity index is 410. The second-order valence-corrected chi connectivity index (χ2v) is 4.85. The second-order valence-electron chi connectivity index (χ2n) is 4.44. The SMILES string of the molecule is CC(C)n1cc(Cl)c(C(=O)N2CCNCC2)n1. The minimum atomic E-state index is -0.0732. The fraction of sp³-hybridized carbons (Fsp3) is 0.636.